The molecule has 102 valence electrons. The van der Waals surface area contributed by atoms with Crippen molar-refractivity contribution >= 4 is 5.69 Å². The van der Waals surface area contributed by atoms with Gasteiger partial charge in [0.2, 0.25) is 0 Å². The molecular formula is C16H23N3. The monoisotopic (exact) mass is 257 g/mol. The second-order valence-electron chi connectivity index (χ2n) is 5.62. The van der Waals surface area contributed by atoms with Gasteiger partial charge in [0.25, 0.3) is 0 Å². The van der Waals surface area contributed by atoms with Crippen LogP contribution in [0.3, 0.4) is 0 Å². The minimum absolute atomic E-state index is 0.330. The third-order valence-electron chi connectivity index (χ3n) is 4.15. The van der Waals surface area contributed by atoms with Crippen LogP contribution in [0.4, 0.5) is 5.69 Å². The topological polar surface area (TPSA) is 30.3 Å². The van der Waals surface area contributed by atoms with Crippen LogP contribution in [-0.2, 0) is 0 Å². The van der Waals surface area contributed by atoms with E-state index in [0.29, 0.717) is 18.5 Å². The van der Waals surface area contributed by atoms with E-state index < -0.39 is 0 Å². The van der Waals surface area contributed by atoms with Gasteiger partial charge in [0.15, 0.2) is 0 Å². The quantitative estimate of drug-likeness (QED) is 0.816. The van der Waals surface area contributed by atoms with E-state index in [-0.39, 0.29) is 0 Å². The van der Waals surface area contributed by atoms with Gasteiger partial charge in [-0.05, 0) is 39.4 Å². The Kier molecular flexibility index (Phi) is 4.44. The highest BCUT2D eigenvalue weighted by atomic mass is 15.2. The molecule has 2 unspecified atom stereocenters. The number of rotatable bonds is 2. The average molecular weight is 257 g/mol. The van der Waals surface area contributed by atoms with Crippen molar-refractivity contribution in [1.29, 1.82) is 5.26 Å². The predicted molar refractivity (Wildman–Crippen MR) is 79.3 cm³/mol. The molecule has 0 amide bonds. The molecule has 1 fully saturated rings. The molecule has 0 saturated carbocycles. The van der Waals surface area contributed by atoms with E-state index in [1.54, 1.807) is 0 Å². The van der Waals surface area contributed by atoms with Crippen molar-refractivity contribution < 1.29 is 0 Å². The van der Waals surface area contributed by atoms with Crippen molar-refractivity contribution in [2.75, 3.05) is 25.0 Å². The molecule has 0 N–H and O–H groups in total. The van der Waals surface area contributed by atoms with Gasteiger partial charge in [0.05, 0.1) is 12.5 Å². The zero-order chi connectivity index (χ0) is 13.8. The van der Waals surface area contributed by atoms with Crippen LogP contribution in [0, 0.1) is 18.3 Å². The maximum atomic E-state index is 8.99. The second-order valence-corrected chi connectivity index (χ2v) is 5.62. The molecule has 3 nitrogen and oxygen atoms in total. The Morgan fingerprint density at radius 2 is 2.00 bits per heavy atom. The fourth-order valence-electron chi connectivity index (χ4n) is 2.70. The Morgan fingerprint density at radius 1 is 1.32 bits per heavy atom. The fourth-order valence-corrected chi connectivity index (χ4v) is 2.70. The Labute approximate surface area is 116 Å². The zero-order valence-corrected chi connectivity index (χ0v) is 12.1. The van der Waals surface area contributed by atoms with Crippen LogP contribution < -0.4 is 4.90 Å². The molecule has 19 heavy (non-hydrogen) atoms. The lowest BCUT2D eigenvalue weighted by molar-refractivity contribution is 0.263. The zero-order valence-electron chi connectivity index (χ0n) is 12.1. The molecule has 0 aromatic heterocycles. The van der Waals surface area contributed by atoms with Gasteiger partial charge in [-0.3, -0.25) is 0 Å². The van der Waals surface area contributed by atoms with Crippen molar-refractivity contribution in [3.63, 3.8) is 0 Å². The molecule has 1 aliphatic heterocycles. The highest BCUT2D eigenvalue weighted by Crippen LogP contribution is 2.24. The SMILES string of the molecule is Cc1ccc(N2CC(CC#N)N(C)CCC2C)cc1. The Bertz CT molecular complexity index is 446. The van der Waals surface area contributed by atoms with Crippen LogP contribution in [0.25, 0.3) is 0 Å². The number of nitrogens with zero attached hydrogens (tertiary/aromatic N) is 3. The van der Waals surface area contributed by atoms with Gasteiger partial charge >= 0.3 is 0 Å². The fraction of sp³-hybridized carbons (Fsp3) is 0.562. The third kappa shape index (κ3) is 3.27. The Hall–Kier alpha value is -1.53. The molecule has 0 radical (unpaired) electrons. The largest absolute Gasteiger partial charge is 0.367 e. The van der Waals surface area contributed by atoms with E-state index in [9.17, 15) is 0 Å². The molecule has 1 aromatic rings. The van der Waals surface area contributed by atoms with Crippen molar-refractivity contribution in [3.05, 3.63) is 29.8 Å². The normalized spacial score (nSPS) is 24.8. The summed E-state index contributed by atoms with van der Waals surface area (Å²) in [6.07, 6.45) is 1.75. The smallest absolute Gasteiger partial charge is 0.0638 e. The highest BCUT2D eigenvalue weighted by molar-refractivity contribution is 5.48. The highest BCUT2D eigenvalue weighted by Gasteiger charge is 2.26. The van der Waals surface area contributed by atoms with Gasteiger partial charge in [-0.1, -0.05) is 17.7 Å². The van der Waals surface area contributed by atoms with Gasteiger partial charge in [-0.15, -0.1) is 0 Å². The van der Waals surface area contributed by atoms with Crippen molar-refractivity contribution in [1.82, 2.24) is 4.90 Å². The lowest BCUT2D eigenvalue weighted by Gasteiger charge is -2.32. The number of hydrogen-bond acceptors (Lipinski definition) is 3. The molecule has 1 aromatic carbocycles. The lowest BCUT2D eigenvalue weighted by atomic mass is 10.1. The van der Waals surface area contributed by atoms with Crippen LogP contribution in [0.5, 0.6) is 0 Å². The lowest BCUT2D eigenvalue weighted by Crippen LogP contribution is -2.40. The maximum absolute atomic E-state index is 8.99. The molecule has 1 heterocycles. The van der Waals surface area contributed by atoms with Crippen LogP contribution in [0.15, 0.2) is 24.3 Å². The van der Waals surface area contributed by atoms with Crippen LogP contribution >= 0.6 is 0 Å². The summed E-state index contributed by atoms with van der Waals surface area (Å²) in [5.41, 5.74) is 2.56. The van der Waals surface area contributed by atoms with E-state index in [1.165, 1.54) is 11.3 Å². The molecule has 0 aliphatic carbocycles. The number of nitriles is 1. The number of aryl methyl sites for hydroxylation is 1. The van der Waals surface area contributed by atoms with E-state index >= 15 is 0 Å². The van der Waals surface area contributed by atoms with E-state index in [1.807, 2.05) is 0 Å². The number of likely N-dealkylation sites (N-methyl/N-ethyl adjacent to an activating group) is 1. The minimum atomic E-state index is 0.330. The van der Waals surface area contributed by atoms with Crippen LogP contribution in [-0.4, -0.2) is 37.1 Å². The summed E-state index contributed by atoms with van der Waals surface area (Å²) in [7, 11) is 2.13. The summed E-state index contributed by atoms with van der Waals surface area (Å²) >= 11 is 0. The first-order valence-corrected chi connectivity index (χ1v) is 7.02. The molecule has 1 aliphatic rings. The Balaban J connectivity index is 2.21. The number of benzene rings is 1. The van der Waals surface area contributed by atoms with Crippen LogP contribution in [0.2, 0.25) is 0 Å². The minimum Gasteiger partial charge on any atom is -0.367 e. The summed E-state index contributed by atoms with van der Waals surface area (Å²) in [5, 5.41) is 8.99. The standard InChI is InChI=1S/C16H23N3/c1-13-4-6-15(7-5-13)19-12-16(8-10-17)18(3)11-9-14(19)2/h4-7,14,16H,8-9,11-12H2,1-3H3. The maximum Gasteiger partial charge on any atom is 0.0638 e. The second kappa shape index (κ2) is 6.08. The third-order valence-corrected chi connectivity index (χ3v) is 4.15. The molecule has 3 heteroatoms. The number of anilines is 1. The van der Waals surface area contributed by atoms with E-state index in [0.717, 1.165) is 19.5 Å². The van der Waals surface area contributed by atoms with Crippen LogP contribution in [0.1, 0.15) is 25.3 Å². The van der Waals surface area contributed by atoms with Gasteiger partial charge in [-0.25, -0.2) is 0 Å². The summed E-state index contributed by atoms with van der Waals surface area (Å²) in [6, 6.07) is 11.9. The summed E-state index contributed by atoms with van der Waals surface area (Å²) < 4.78 is 0. The molecule has 0 bridgehead atoms. The molecule has 1 saturated heterocycles. The summed E-state index contributed by atoms with van der Waals surface area (Å²) in [4.78, 5) is 4.78. The van der Waals surface area contributed by atoms with Gasteiger partial charge in [-0.2, -0.15) is 5.26 Å². The number of hydrogen-bond donors (Lipinski definition) is 0. The Morgan fingerprint density at radius 3 is 2.63 bits per heavy atom. The van der Waals surface area contributed by atoms with Crippen molar-refractivity contribution in [3.8, 4) is 6.07 Å². The first-order valence-electron chi connectivity index (χ1n) is 7.02. The molecule has 2 rings (SSSR count). The van der Waals surface area contributed by atoms with E-state index in [2.05, 4.69) is 61.0 Å². The summed E-state index contributed by atoms with van der Waals surface area (Å²) in [5.74, 6) is 0. The first-order chi connectivity index (χ1) is 9.11. The first kappa shape index (κ1) is 13.9. The van der Waals surface area contributed by atoms with Gasteiger partial charge in [0.1, 0.15) is 0 Å². The van der Waals surface area contributed by atoms with Crippen molar-refractivity contribution in [2.24, 2.45) is 0 Å². The predicted octanol–water partition coefficient (Wildman–Crippen LogP) is 2.81. The van der Waals surface area contributed by atoms with Gasteiger partial charge in [0, 0.05) is 30.9 Å². The van der Waals surface area contributed by atoms with Gasteiger partial charge < -0.3 is 9.80 Å². The average Bonchev–Trinajstić information content (AvgIpc) is 2.54. The molecule has 0 spiro atoms. The van der Waals surface area contributed by atoms with E-state index in [4.69, 9.17) is 5.26 Å². The molecule has 2 atom stereocenters. The van der Waals surface area contributed by atoms with Crippen molar-refractivity contribution in [2.45, 2.75) is 38.8 Å². The summed E-state index contributed by atoms with van der Waals surface area (Å²) in [6.45, 7) is 6.40. The molecular weight excluding hydrogens is 234 g/mol.